The Labute approximate surface area is 108 Å². The van der Waals surface area contributed by atoms with Crippen LogP contribution >= 0.6 is 0 Å². The van der Waals surface area contributed by atoms with Crippen LogP contribution in [0.1, 0.15) is 30.3 Å². The van der Waals surface area contributed by atoms with Gasteiger partial charge in [0.15, 0.2) is 0 Å². The number of aromatic nitrogens is 3. The maximum atomic E-state index is 4.54. The van der Waals surface area contributed by atoms with Crippen molar-refractivity contribution in [3.63, 3.8) is 0 Å². The lowest BCUT2D eigenvalue weighted by molar-refractivity contribution is 0.920. The summed E-state index contributed by atoms with van der Waals surface area (Å²) in [5.74, 6) is 0.702. The van der Waals surface area contributed by atoms with Gasteiger partial charge in [-0.05, 0) is 31.0 Å². The Kier molecular flexibility index (Phi) is 4.23. The fraction of sp³-hybridized carbons (Fsp3) is 0.357. The van der Waals surface area contributed by atoms with Gasteiger partial charge in [0.25, 0.3) is 0 Å². The highest BCUT2D eigenvalue weighted by Gasteiger charge is 2.05. The molecule has 0 radical (unpaired) electrons. The van der Waals surface area contributed by atoms with Crippen molar-refractivity contribution in [1.82, 2.24) is 15.0 Å². The smallest absolute Gasteiger partial charge is 0.222 e. The van der Waals surface area contributed by atoms with Gasteiger partial charge in [0.1, 0.15) is 0 Å². The van der Waals surface area contributed by atoms with Gasteiger partial charge in [0, 0.05) is 31.1 Å². The van der Waals surface area contributed by atoms with Gasteiger partial charge in [0.2, 0.25) is 5.95 Å². The highest BCUT2D eigenvalue weighted by Crippen LogP contribution is 2.11. The fourth-order valence-electron chi connectivity index (χ4n) is 1.65. The van der Waals surface area contributed by atoms with Crippen molar-refractivity contribution in [2.24, 2.45) is 0 Å². The van der Waals surface area contributed by atoms with Crippen molar-refractivity contribution in [1.29, 1.82) is 0 Å². The quantitative estimate of drug-likeness (QED) is 0.875. The topological polar surface area (TPSA) is 50.7 Å². The Morgan fingerprint density at radius 2 is 2.11 bits per heavy atom. The maximum Gasteiger partial charge on any atom is 0.222 e. The molecule has 0 fully saturated rings. The Morgan fingerprint density at radius 3 is 2.83 bits per heavy atom. The van der Waals surface area contributed by atoms with E-state index in [1.807, 2.05) is 37.5 Å². The van der Waals surface area contributed by atoms with E-state index in [0.717, 1.165) is 36.3 Å². The number of nitrogens with zero attached hydrogens (tertiary/aromatic N) is 3. The average molecular weight is 242 g/mol. The van der Waals surface area contributed by atoms with Crippen molar-refractivity contribution in [2.45, 2.75) is 26.7 Å². The third-order valence-corrected chi connectivity index (χ3v) is 2.68. The summed E-state index contributed by atoms with van der Waals surface area (Å²) in [6.45, 7) is 5.05. The molecule has 0 amide bonds. The molecule has 2 aromatic rings. The molecule has 0 saturated carbocycles. The fourth-order valence-corrected chi connectivity index (χ4v) is 1.65. The van der Waals surface area contributed by atoms with E-state index in [4.69, 9.17) is 0 Å². The minimum Gasteiger partial charge on any atom is -0.354 e. The first-order valence-electron chi connectivity index (χ1n) is 6.26. The predicted molar refractivity (Wildman–Crippen MR) is 72.6 cm³/mol. The van der Waals surface area contributed by atoms with Gasteiger partial charge in [-0.3, -0.25) is 4.98 Å². The summed E-state index contributed by atoms with van der Waals surface area (Å²) >= 11 is 0. The number of nitrogens with one attached hydrogen (secondary N) is 1. The molecule has 0 atom stereocenters. The third-order valence-electron chi connectivity index (χ3n) is 2.68. The molecule has 2 rings (SSSR count). The molecule has 18 heavy (non-hydrogen) atoms. The number of rotatable bonds is 5. The van der Waals surface area contributed by atoms with Gasteiger partial charge in [0.05, 0.1) is 5.69 Å². The van der Waals surface area contributed by atoms with E-state index in [1.54, 1.807) is 0 Å². The Hall–Kier alpha value is -1.97. The van der Waals surface area contributed by atoms with Gasteiger partial charge >= 0.3 is 0 Å². The van der Waals surface area contributed by atoms with Crippen molar-refractivity contribution in [3.8, 4) is 0 Å². The van der Waals surface area contributed by atoms with E-state index in [0.29, 0.717) is 5.95 Å². The summed E-state index contributed by atoms with van der Waals surface area (Å²) < 4.78 is 0. The minimum absolute atomic E-state index is 0.702. The van der Waals surface area contributed by atoms with Gasteiger partial charge in [-0.15, -0.1) is 0 Å². The summed E-state index contributed by atoms with van der Waals surface area (Å²) in [5, 5.41) is 3.21. The second kappa shape index (κ2) is 6.10. The molecule has 4 heteroatoms. The van der Waals surface area contributed by atoms with E-state index >= 15 is 0 Å². The van der Waals surface area contributed by atoms with Crippen LogP contribution < -0.4 is 5.32 Å². The van der Waals surface area contributed by atoms with E-state index in [1.165, 1.54) is 0 Å². The standard InChI is InChI=1S/C14H18N4/c1-3-7-16-14-17-10-11(2)13(18-14)9-12-6-4-5-8-15-12/h4-6,8,10H,3,7,9H2,1-2H3,(H,16,17,18). The Bertz CT molecular complexity index is 496. The van der Waals surface area contributed by atoms with Crippen LogP contribution in [0.5, 0.6) is 0 Å². The highest BCUT2D eigenvalue weighted by molar-refractivity contribution is 5.31. The second-order valence-corrected chi connectivity index (χ2v) is 4.25. The molecule has 0 aliphatic carbocycles. The largest absolute Gasteiger partial charge is 0.354 e. The zero-order valence-corrected chi connectivity index (χ0v) is 10.8. The molecule has 0 aromatic carbocycles. The van der Waals surface area contributed by atoms with Crippen LogP contribution in [0.25, 0.3) is 0 Å². The molecule has 0 aliphatic rings. The lowest BCUT2D eigenvalue weighted by atomic mass is 10.1. The molecule has 0 bridgehead atoms. The number of pyridine rings is 1. The minimum atomic E-state index is 0.702. The second-order valence-electron chi connectivity index (χ2n) is 4.25. The SMILES string of the molecule is CCCNc1ncc(C)c(Cc2ccccn2)n1. The molecule has 0 unspecified atom stereocenters. The van der Waals surface area contributed by atoms with Gasteiger partial charge in [-0.1, -0.05) is 13.0 Å². The molecule has 4 nitrogen and oxygen atoms in total. The molecular formula is C14H18N4. The van der Waals surface area contributed by atoms with Crippen molar-refractivity contribution >= 4 is 5.95 Å². The van der Waals surface area contributed by atoms with E-state index < -0.39 is 0 Å². The normalized spacial score (nSPS) is 10.3. The van der Waals surface area contributed by atoms with E-state index in [9.17, 15) is 0 Å². The molecule has 0 saturated heterocycles. The van der Waals surface area contributed by atoms with Crippen molar-refractivity contribution < 1.29 is 0 Å². The molecular weight excluding hydrogens is 224 g/mol. The van der Waals surface area contributed by atoms with Crippen molar-refractivity contribution in [2.75, 3.05) is 11.9 Å². The first kappa shape index (κ1) is 12.5. The summed E-state index contributed by atoms with van der Waals surface area (Å²) in [6.07, 6.45) is 5.48. The average Bonchev–Trinajstić information content (AvgIpc) is 2.41. The lowest BCUT2D eigenvalue weighted by Crippen LogP contribution is -2.07. The van der Waals surface area contributed by atoms with Gasteiger partial charge in [-0.25, -0.2) is 9.97 Å². The Balaban J connectivity index is 2.16. The van der Waals surface area contributed by atoms with Crippen LogP contribution in [0, 0.1) is 6.92 Å². The summed E-state index contributed by atoms with van der Waals surface area (Å²) in [7, 11) is 0. The van der Waals surface area contributed by atoms with Crippen LogP contribution in [0.15, 0.2) is 30.6 Å². The molecule has 2 heterocycles. The van der Waals surface area contributed by atoms with Gasteiger partial charge in [-0.2, -0.15) is 0 Å². The van der Waals surface area contributed by atoms with E-state index in [2.05, 4.69) is 27.2 Å². The monoisotopic (exact) mass is 242 g/mol. The van der Waals surface area contributed by atoms with Crippen LogP contribution in [-0.2, 0) is 6.42 Å². The molecule has 2 aromatic heterocycles. The number of hydrogen-bond acceptors (Lipinski definition) is 4. The van der Waals surface area contributed by atoms with Crippen LogP contribution in [0.2, 0.25) is 0 Å². The third kappa shape index (κ3) is 3.26. The number of anilines is 1. The van der Waals surface area contributed by atoms with Crippen LogP contribution in [0.4, 0.5) is 5.95 Å². The predicted octanol–water partition coefficient (Wildman–Crippen LogP) is 2.59. The summed E-state index contributed by atoms with van der Waals surface area (Å²) in [4.78, 5) is 13.1. The highest BCUT2D eigenvalue weighted by atomic mass is 15.1. The molecule has 0 aliphatic heterocycles. The van der Waals surface area contributed by atoms with Crippen LogP contribution in [-0.4, -0.2) is 21.5 Å². The maximum absolute atomic E-state index is 4.54. The van der Waals surface area contributed by atoms with E-state index in [-0.39, 0.29) is 0 Å². The zero-order valence-electron chi connectivity index (χ0n) is 10.8. The first-order valence-corrected chi connectivity index (χ1v) is 6.26. The molecule has 0 spiro atoms. The molecule has 94 valence electrons. The zero-order chi connectivity index (χ0) is 12.8. The summed E-state index contributed by atoms with van der Waals surface area (Å²) in [5.41, 5.74) is 3.16. The Morgan fingerprint density at radius 1 is 1.22 bits per heavy atom. The van der Waals surface area contributed by atoms with Crippen LogP contribution in [0.3, 0.4) is 0 Å². The van der Waals surface area contributed by atoms with Gasteiger partial charge < -0.3 is 5.32 Å². The molecule has 1 N–H and O–H groups in total. The number of aryl methyl sites for hydroxylation is 1. The van der Waals surface area contributed by atoms with Crippen molar-refractivity contribution in [3.05, 3.63) is 47.5 Å². The number of hydrogen-bond donors (Lipinski definition) is 1. The lowest BCUT2D eigenvalue weighted by Gasteiger charge is -2.08. The first-order chi connectivity index (χ1) is 8.79. The summed E-state index contributed by atoms with van der Waals surface area (Å²) in [6, 6.07) is 5.93.